The Morgan fingerprint density at radius 2 is 2.00 bits per heavy atom. The third kappa shape index (κ3) is 3.70. The van der Waals surface area contributed by atoms with E-state index in [1.165, 1.54) is 11.8 Å². The number of hydrogen-bond donors (Lipinski definition) is 0. The Bertz CT molecular complexity index is 478. The van der Waals surface area contributed by atoms with Gasteiger partial charge in [-0.2, -0.15) is 0 Å². The van der Waals surface area contributed by atoms with Crippen LogP contribution in [0.2, 0.25) is 0 Å². The number of halogens is 1. The Labute approximate surface area is 131 Å². The van der Waals surface area contributed by atoms with Crippen molar-refractivity contribution in [2.24, 2.45) is 10.4 Å². The number of carbonyl (C=O) groups excluding carboxylic acids is 1. The van der Waals surface area contributed by atoms with Crippen molar-refractivity contribution in [3.63, 3.8) is 0 Å². The van der Waals surface area contributed by atoms with Gasteiger partial charge in [-0.1, -0.05) is 13.8 Å². The van der Waals surface area contributed by atoms with E-state index in [0.717, 1.165) is 24.0 Å². The van der Waals surface area contributed by atoms with Crippen LogP contribution in [0.25, 0.3) is 0 Å². The third-order valence-corrected chi connectivity index (χ3v) is 4.17. The van der Waals surface area contributed by atoms with Gasteiger partial charge in [0.15, 0.2) is 5.17 Å². The molecule has 2 aliphatic rings. The molecule has 0 fully saturated rings. The molecular weight excluding hydrogens is 296 g/mol. The molecule has 0 aromatic heterocycles. The molecule has 2 aliphatic heterocycles. The largest absolute Gasteiger partial charge is 0.456 e. The highest BCUT2D eigenvalue weighted by Gasteiger charge is 2.38. The molecule has 6 heteroatoms. The summed E-state index contributed by atoms with van der Waals surface area (Å²) in [5.41, 5.74) is 0.648. The quantitative estimate of drug-likeness (QED) is 0.695. The Morgan fingerprint density at radius 3 is 2.55 bits per heavy atom. The fraction of sp³-hybridized carbons (Fsp3) is 0.714. The second-order valence-electron chi connectivity index (χ2n) is 6.87. The van der Waals surface area contributed by atoms with E-state index in [9.17, 15) is 4.79 Å². The van der Waals surface area contributed by atoms with Crippen molar-refractivity contribution < 1.29 is 9.53 Å². The summed E-state index contributed by atoms with van der Waals surface area (Å²) in [6, 6.07) is 0. The van der Waals surface area contributed by atoms with Gasteiger partial charge in [0.05, 0.1) is 0 Å². The second-order valence-corrected chi connectivity index (χ2v) is 7.85. The molecule has 0 aromatic rings. The topological polar surface area (TPSA) is 41.9 Å². The van der Waals surface area contributed by atoms with Gasteiger partial charge in [0.2, 0.25) is 0 Å². The van der Waals surface area contributed by atoms with Gasteiger partial charge in [-0.05, 0) is 39.5 Å². The number of ether oxygens (including phenoxy) is 1. The van der Waals surface area contributed by atoms with Crippen LogP contribution < -0.4 is 0 Å². The molecule has 2 rings (SSSR count). The molecule has 0 atom stereocenters. The number of esters is 1. The van der Waals surface area contributed by atoms with Gasteiger partial charge in [0.1, 0.15) is 10.5 Å². The van der Waals surface area contributed by atoms with Crippen LogP contribution in [-0.4, -0.2) is 34.7 Å². The van der Waals surface area contributed by atoms with Gasteiger partial charge in [-0.15, -0.1) is 12.4 Å². The number of rotatable bonds is 1. The summed E-state index contributed by atoms with van der Waals surface area (Å²) in [6.07, 6.45) is 0. The molecule has 0 amide bonds. The van der Waals surface area contributed by atoms with Crippen molar-refractivity contribution in [3.05, 3.63) is 10.6 Å². The first-order valence-corrected chi connectivity index (χ1v) is 7.35. The lowest BCUT2D eigenvalue weighted by atomic mass is 9.92. The molecule has 0 bridgehead atoms. The maximum atomic E-state index is 12.2. The number of hydrogen-bond acceptors (Lipinski definition) is 5. The van der Waals surface area contributed by atoms with Gasteiger partial charge in [-0.25, -0.2) is 4.79 Å². The minimum atomic E-state index is -0.463. The van der Waals surface area contributed by atoms with Crippen molar-refractivity contribution in [1.29, 1.82) is 0 Å². The number of aliphatic imine (C=N–C) groups is 1. The van der Waals surface area contributed by atoms with Crippen molar-refractivity contribution in [2.45, 2.75) is 47.1 Å². The van der Waals surface area contributed by atoms with E-state index in [-0.39, 0.29) is 23.8 Å². The standard InChI is InChI=1S/C14H22N2O2S.ClH/c1-9-10(11(17)18-13(2,3)4)19-12-15-7-14(5,6)8-16(9)12;/h7-8H2,1-6H3;1H. The van der Waals surface area contributed by atoms with Crippen LogP contribution in [0, 0.1) is 5.41 Å². The molecule has 0 unspecified atom stereocenters. The lowest BCUT2D eigenvalue weighted by Crippen LogP contribution is -2.40. The summed E-state index contributed by atoms with van der Waals surface area (Å²) in [6.45, 7) is 13.7. The van der Waals surface area contributed by atoms with Crippen molar-refractivity contribution in [3.8, 4) is 0 Å². The number of amidine groups is 1. The lowest BCUT2D eigenvalue weighted by molar-refractivity contribution is -0.149. The molecule has 114 valence electrons. The van der Waals surface area contributed by atoms with E-state index < -0.39 is 5.60 Å². The SMILES string of the molecule is CC1=C(C(=O)OC(C)(C)C)SC2=NCC(C)(C)CN21.Cl. The zero-order chi connectivity index (χ0) is 14.4. The Kier molecular flexibility index (Phi) is 4.87. The average Bonchev–Trinajstić information content (AvgIpc) is 2.52. The van der Waals surface area contributed by atoms with Gasteiger partial charge in [-0.3, -0.25) is 4.99 Å². The number of fused-ring (bicyclic) bond motifs is 1. The van der Waals surface area contributed by atoms with Crippen molar-refractivity contribution >= 4 is 35.3 Å². The fourth-order valence-electron chi connectivity index (χ4n) is 2.06. The summed E-state index contributed by atoms with van der Waals surface area (Å²) in [5.74, 6) is -0.245. The van der Waals surface area contributed by atoms with E-state index in [1.54, 1.807) is 0 Å². The van der Waals surface area contributed by atoms with Crippen LogP contribution in [-0.2, 0) is 9.53 Å². The molecule has 20 heavy (non-hydrogen) atoms. The van der Waals surface area contributed by atoms with E-state index in [2.05, 4.69) is 23.7 Å². The van der Waals surface area contributed by atoms with E-state index >= 15 is 0 Å². The van der Waals surface area contributed by atoms with Gasteiger partial charge in [0.25, 0.3) is 0 Å². The van der Waals surface area contributed by atoms with Crippen LogP contribution in [0.4, 0.5) is 0 Å². The zero-order valence-corrected chi connectivity index (χ0v) is 14.6. The van der Waals surface area contributed by atoms with E-state index in [1.807, 2.05) is 27.7 Å². The highest BCUT2D eigenvalue weighted by Crippen LogP contribution is 2.40. The summed E-state index contributed by atoms with van der Waals surface area (Å²) in [7, 11) is 0. The first-order valence-electron chi connectivity index (χ1n) is 6.53. The molecule has 2 heterocycles. The third-order valence-electron chi connectivity index (χ3n) is 2.97. The van der Waals surface area contributed by atoms with Gasteiger partial charge >= 0.3 is 5.97 Å². The summed E-state index contributed by atoms with van der Waals surface area (Å²) in [5, 5.41) is 0.928. The summed E-state index contributed by atoms with van der Waals surface area (Å²) < 4.78 is 5.45. The average molecular weight is 319 g/mol. The summed E-state index contributed by atoms with van der Waals surface area (Å²) in [4.78, 5) is 19.6. The number of allylic oxidation sites excluding steroid dienone is 1. The maximum absolute atomic E-state index is 12.2. The second kappa shape index (κ2) is 5.60. The molecule has 0 spiro atoms. The Balaban J connectivity index is 0.00000200. The lowest BCUT2D eigenvalue weighted by Gasteiger charge is -2.35. The summed E-state index contributed by atoms with van der Waals surface area (Å²) >= 11 is 1.43. The number of nitrogens with zero attached hydrogens (tertiary/aromatic N) is 2. The first kappa shape index (κ1) is 17.4. The van der Waals surface area contributed by atoms with Crippen LogP contribution in [0.5, 0.6) is 0 Å². The fourth-order valence-corrected chi connectivity index (χ4v) is 3.07. The molecular formula is C14H23ClN2O2S. The van der Waals surface area contributed by atoms with Crippen LogP contribution in [0.15, 0.2) is 15.6 Å². The predicted octanol–water partition coefficient (Wildman–Crippen LogP) is 3.43. The molecule has 0 saturated carbocycles. The number of thioether (sulfide) groups is 1. The van der Waals surface area contributed by atoms with Gasteiger partial charge < -0.3 is 9.64 Å². The highest BCUT2D eigenvalue weighted by molar-refractivity contribution is 8.18. The highest BCUT2D eigenvalue weighted by atomic mass is 35.5. The normalized spacial score (nSPS) is 21.1. The van der Waals surface area contributed by atoms with Crippen LogP contribution in [0.1, 0.15) is 41.5 Å². The van der Waals surface area contributed by atoms with Gasteiger partial charge in [0, 0.05) is 24.2 Å². The maximum Gasteiger partial charge on any atom is 0.347 e. The van der Waals surface area contributed by atoms with E-state index in [0.29, 0.717) is 4.91 Å². The number of carbonyl (C=O) groups is 1. The molecule has 0 N–H and O–H groups in total. The molecule has 0 saturated heterocycles. The molecule has 0 aliphatic carbocycles. The zero-order valence-electron chi connectivity index (χ0n) is 12.9. The monoisotopic (exact) mass is 318 g/mol. The molecule has 4 nitrogen and oxygen atoms in total. The molecule has 0 aromatic carbocycles. The smallest absolute Gasteiger partial charge is 0.347 e. The predicted molar refractivity (Wildman–Crippen MR) is 86.2 cm³/mol. The minimum Gasteiger partial charge on any atom is -0.456 e. The van der Waals surface area contributed by atoms with Crippen molar-refractivity contribution in [2.75, 3.05) is 13.1 Å². The molecule has 0 radical (unpaired) electrons. The van der Waals surface area contributed by atoms with Crippen LogP contribution >= 0.6 is 24.2 Å². The minimum absolute atomic E-state index is 0. The Hall–Kier alpha value is -0.680. The van der Waals surface area contributed by atoms with Crippen molar-refractivity contribution in [1.82, 2.24) is 4.90 Å². The first-order chi connectivity index (χ1) is 8.59. The van der Waals surface area contributed by atoms with E-state index in [4.69, 9.17) is 4.74 Å². The van der Waals surface area contributed by atoms with Crippen LogP contribution in [0.3, 0.4) is 0 Å². The Morgan fingerprint density at radius 1 is 1.40 bits per heavy atom.